The van der Waals surface area contributed by atoms with Gasteiger partial charge in [0, 0.05) is 16.7 Å². The molecule has 0 atom stereocenters. The van der Waals surface area contributed by atoms with Crippen LogP contribution >= 0.6 is 10.7 Å². The van der Waals surface area contributed by atoms with Crippen LogP contribution in [-0.2, 0) is 21.0 Å². The maximum Gasteiger partial charge on any atom is 0.416 e. The van der Waals surface area contributed by atoms with E-state index in [-0.39, 0.29) is 0 Å². The first-order valence-corrected chi connectivity index (χ1v) is 6.76. The molecule has 0 spiro atoms. The lowest BCUT2D eigenvalue weighted by atomic mass is 10.1. The van der Waals surface area contributed by atoms with Gasteiger partial charge in [0.2, 0.25) is 9.05 Å². The second-order valence-corrected chi connectivity index (χ2v) is 6.02. The molecule has 0 aliphatic carbocycles. The third-order valence-electron chi connectivity index (χ3n) is 1.97. The molecule has 100 valence electrons. The van der Waals surface area contributed by atoms with Gasteiger partial charge in [-0.15, -0.1) is 0 Å². The Labute approximate surface area is 104 Å². The van der Waals surface area contributed by atoms with E-state index in [2.05, 4.69) is 0 Å². The molecule has 0 saturated heterocycles. The minimum Gasteiger partial charge on any atom is -0.258 e. The van der Waals surface area contributed by atoms with Crippen molar-refractivity contribution in [3.8, 4) is 0 Å². The fourth-order valence-corrected chi connectivity index (χ4v) is 2.31. The first-order chi connectivity index (χ1) is 8.02. The standard InChI is InChI=1S/C8H5ClF3NO4S/c9-18(16,17)4-5-6(8(10,11)12)2-1-3-7(5)13(14)15/h1-3H,4H2. The number of benzene rings is 1. The van der Waals surface area contributed by atoms with Crippen molar-refractivity contribution in [3.05, 3.63) is 39.4 Å². The van der Waals surface area contributed by atoms with Crippen molar-refractivity contribution >= 4 is 25.4 Å². The molecule has 1 aromatic rings. The molecule has 1 rings (SSSR count). The average molecular weight is 304 g/mol. The number of alkyl halides is 3. The van der Waals surface area contributed by atoms with Gasteiger partial charge in [0.15, 0.2) is 0 Å². The van der Waals surface area contributed by atoms with Crippen LogP contribution in [0.2, 0.25) is 0 Å². The molecule has 0 heterocycles. The molecule has 0 amide bonds. The van der Waals surface area contributed by atoms with Crippen LogP contribution in [0.5, 0.6) is 0 Å². The summed E-state index contributed by atoms with van der Waals surface area (Å²) in [5.74, 6) is -1.26. The van der Waals surface area contributed by atoms with Gasteiger partial charge in [-0.2, -0.15) is 13.2 Å². The van der Waals surface area contributed by atoms with Crippen molar-refractivity contribution in [1.29, 1.82) is 0 Å². The summed E-state index contributed by atoms with van der Waals surface area (Å²) < 4.78 is 59.5. The number of nitro groups is 1. The molecule has 0 aliphatic rings. The summed E-state index contributed by atoms with van der Waals surface area (Å²) >= 11 is 0. The van der Waals surface area contributed by atoms with E-state index in [0.29, 0.717) is 6.07 Å². The van der Waals surface area contributed by atoms with Crippen molar-refractivity contribution < 1.29 is 26.5 Å². The molecular weight excluding hydrogens is 299 g/mol. The summed E-state index contributed by atoms with van der Waals surface area (Å²) in [4.78, 5) is 9.50. The zero-order chi connectivity index (χ0) is 14.1. The lowest BCUT2D eigenvalue weighted by Crippen LogP contribution is -2.13. The molecule has 0 radical (unpaired) electrons. The zero-order valence-electron chi connectivity index (χ0n) is 8.44. The Kier molecular flexibility index (Phi) is 3.86. The lowest BCUT2D eigenvalue weighted by Gasteiger charge is -2.11. The van der Waals surface area contributed by atoms with Crippen LogP contribution in [0.25, 0.3) is 0 Å². The molecule has 18 heavy (non-hydrogen) atoms. The Bertz CT molecular complexity index is 584. The number of hydrogen-bond acceptors (Lipinski definition) is 4. The van der Waals surface area contributed by atoms with Crippen molar-refractivity contribution in [2.75, 3.05) is 0 Å². The predicted octanol–water partition coefficient (Wildman–Crippen LogP) is 2.68. The van der Waals surface area contributed by atoms with E-state index in [9.17, 15) is 31.7 Å². The van der Waals surface area contributed by atoms with Crippen LogP contribution in [0.4, 0.5) is 18.9 Å². The Morgan fingerprint density at radius 2 is 1.89 bits per heavy atom. The van der Waals surface area contributed by atoms with E-state index in [1.165, 1.54) is 0 Å². The molecule has 0 N–H and O–H groups in total. The summed E-state index contributed by atoms with van der Waals surface area (Å²) in [6.45, 7) is 0. The first kappa shape index (κ1) is 14.7. The lowest BCUT2D eigenvalue weighted by molar-refractivity contribution is -0.385. The number of nitro benzene ring substituents is 1. The van der Waals surface area contributed by atoms with Gasteiger partial charge in [-0.3, -0.25) is 10.1 Å². The van der Waals surface area contributed by atoms with Crippen molar-refractivity contribution in [2.45, 2.75) is 11.9 Å². The van der Waals surface area contributed by atoms with Gasteiger partial charge in [-0.1, -0.05) is 6.07 Å². The zero-order valence-corrected chi connectivity index (χ0v) is 10.0. The van der Waals surface area contributed by atoms with Gasteiger partial charge in [-0.25, -0.2) is 8.42 Å². The van der Waals surface area contributed by atoms with Gasteiger partial charge in [0.1, 0.15) is 0 Å². The maximum atomic E-state index is 12.6. The Balaban J connectivity index is 3.54. The van der Waals surface area contributed by atoms with Crippen LogP contribution in [0.3, 0.4) is 0 Å². The highest BCUT2D eigenvalue weighted by molar-refractivity contribution is 8.13. The second-order valence-electron chi connectivity index (χ2n) is 3.24. The fourth-order valence-electron chi connectivity index (χ4n) is 1.34. The monoisotopic (exact) mass is 303 g/mol. The number of rotatable bonds is 3. The highest BCUT2D eigenvalue weighted by atomic mass is 35.7. The number of halogens is 4. The minimum absolute atomic E-state index is 0.560. The van der Waals surface area contributed by atoms with Crippen LogP contribution in [0.1, 0.15) is 11.1 Å². The molecule has 0 fully saturated rings. The average Bonchev–Trinajstić information content (AvgIpc) is 2.13. The third kappa shape index (κ3) is 3.57. The molecule has 1 aromatic carbocycles. The normalized spacial score (nSPS) is 12.4. The Morgan fingerprint density at radius 1 is 1.33 bits per heavy atom. The van der Waals surface area contributed by atoms with E-state index in [4.69, 9.17) is 10.7 Å². The van der Waals surface area contributed by atoms with Crippen molar-refractivity contribution in [1.82, 2.24) is 0 Å². The molecule has 0 aliphatic heterocycles. The van der Waals surface area contributed by atoms with E-state index in [1.807, 2.05) is 0 Å². The van der Waals surface area contributed by atoms with Gasteiger partial charge >= 0.3 is 6.18 Å². The maximum absolute atomic E-state index is 12.6. The van der Waals surface area contributed by atoms with Crippen LogP contribution in [-0.4, -0.2) is 13.3 Å². The minimum atomic E-state index is -4.90. The van der Waals surface area contributed by atoms with Crippen LogP contribution in [0, 0.1) is 10.1 Å². The number of hydrogen-bond donors (Lipinski definition) is 0. The third-order valence-corrected chi connectivity index (χ3v) is 2.93. The van der Waals surface area contributed by atoms with Gasteiger partial charge in [-0.05, 0) is 6.07 Å². The second kappa shape index (κ2) is 4.73. The summed E-state index contributed by atoms with van der Waals surface area (Å²) in [6.07, 6.45) is -4.90. The predicted molar refractivity (Wildman–Crippen MR) is 56.6 cm³/mol. The highest BCUT2D eigenvalue weighted by Crippen LogP contribution is 2.37. The quantitative estimate of drug-likeness (QED) is 0.488. The molecule has 5 nitrogen and oxygen atoms in total. The van der Waals surface area contributed by atoms with E-state index < -0.39 is 42.7 Å². The van der Waals surface area contributed by atoms with Crippen LogP contribution in [0.15, 0.2) is 18.2 Å². The smallest absolute Gasteiger partial charge is 0.258 e. The summed E-state index contributed by atoms with van der Waals surface area (Å²) in [5.41, 5.74) is -3.29. The first-order valence-electron chi connectivity index (χ1n) is 4.28. The summed E-state index contributed by atoms with van der Waals surface area (Å²) in [6, 6.07) is 2.17. The molecule has 0 bridgehead atoms. The van der Waals surface area contributed by atoms with E-state index in [0.717, 1.165) is 12.1 Å². The molecule has 0 unspecified atom stereocenters. The van der Waals surface area contributed by atoms with E-state index in [1.54, 1.807) is 0 Å². The van der Waals surface area contributed by atoms with Gasteiger partial charge < -0.3 is 0 Å². The highest BCUT2D eigenvalue weighted by Gasteiger charge is 2.37. The summed E-state index contributed by atoms with van der Waals surface area (Å²) in [5, 5.41) is 10.6. The summed E-state index contributed by atoms with van der Waals surface area (Å²) in [7, 11) is 0.500. The Morgan fingerprint density at radius 3 is 2.28 bits per heavy atom. The molecule has 10 heteroatoms. The Hall–Kier alpha value is -1.35. The number of nitrogens with zero attached hydrogens (tertiary/aromatic N) is 1. The molecule has 0 aromatic heterocycles. The SMILES string of the molecule is O=[N+]([O-])c1cccc(C(F)(F)F)c1CS(=O)(=O)Cl. The van der Waals surface area contributed by atoms with Crippen molar-refractivity contribution in [2.24, 2.45) is 0 Å². The van der Waals surface area contributed by atoms with Gasteiger partial charge in [0.25, 0.3) is 5.69 Å². The van der Waals surface area contributed by atoms with Gasteiger partial charge in [0.05, 0.1) is 21.8 Å². The van der Waals surface area contributed by atoms with Crippen molar-refractivity contribution in [3.63, 3.8) is 0 Å². The van der Waals surface area contributed by atoms with E-state index >= 15 is 0 Å². The molecule has 0 saturated carbocycles. The largest absolute Gasteiger partial charge is 0.416 e. The molecular formula is C8H5ClF3NO4S. The fraction of sp³-hybridized carbons (Fsp3) is 0.250. The topological polar surface area (TPSA) is 77.3 Å². The van der Waals surface area contributed by atoms with Crippen LogP contribution < -0.4 is 0 Å².